The molecular formula is C21H20BrN3OS. The zero-order valence-corrected chi connectivity index (χ0v) is 17.3. The molecule has 3 aromatic rings. The second-order valence-corrected chi connectivity index (χ2v) is 8.57. The summed E-state index contributed by atoms with van der Waals surface area (Å²) in [5.74, 6) is 0.818. The van der Waals surface area contributed by atoms with Crippen LogP contribution in [0.2, 0.25) is 0 Å². The van der Waals surface area contributed by atoms with Gasteiger partial charge in [0.15, 0.2) is 0 Å². The molecule has 4 rings (SSSR count). The van der Waals surface area contributed by atoms with Crippen molar-refractivity contribution in [1.29, 1.82) is 0 Å². The van der Waals surface area contributed by atoms with E-state index in [9.17, 15) is 4.79 Å². The van der Waals surface area contributed by atoms with Gasteiger partial charge in [-0.1, -0.05) is 34.1 Å². The van der Waals surface area contributed by atoms with Crippen LogP contribution in [-0.4, -0.2) is 14.5 Å². The van der Waals surface area contributed by atoms with Crippen molar-refractivity contribution >= 4 is 27.7 Å². The smallest absolute Gasteiger partial charge is 0.291 e. The highest BCUT2D eigenvalue weighted by atomic mass is 79.9. The molecule has 0 atom stereocenters. The fraction of sp³-hybridized carbons (Fsp3) is 0.286. The molecule has 0 bridgehead atoms. The van der Waals surface area contributed by atoms with Gasteiger partial charge in [-0.15, -0.1) is 11.8 Å². The maximum absolute atomic E-state index is 12.8. The molecule has 0 radical (unpaired) electrons. The molecule has 0 amide bonds. The Balaban J connectivity index is 1.64. The van der Waals surface area contributed by atoms with E-state index in [1.807, 2.05) is 35.0 Å². The summed E-state index contributed by atoms with van der Waals surface area (Å²) < 4.78 is 2.92. The fourth-order valence-corrected chi connectivity index (χ4v) is 4.73. The van der Waals surface area contributed by atoms with Crippen LogP contribution in [-0.2, 0) is 25.1 Å². The van der Waals surface area contributed by atoms with Gasteiger partial charge >= 0.3 is 5.69 Å². The van der Waals surface area contributed by atoms with Gasteiger partial charge < -0.3 is 0 Å². The minimum absolute atomic E-state index is 0.155. The number of aromatic nitrogens is 3. The Morgan fingerprint density at radius 3 is 2.67 bits per heavy atom. The predicted octanol–water partition coefficient (Wildman–Crippen LogP) is 4.62. The molecule has 1 aliphatic rings. The number of rotatable bonds is 5. The molecule has 27 heavy (non-hydrogen) atoms. The lowest BCUT2D eigenvalue weighted by Gasteiger charge is -2.22. The molecule has 2 aromatic heterocycles. The first-order valence-corrected chi connectivity index (χ1v) is 10.9. The number of hydrogen-bond acceptors (Lipinski definition) is 4. The summed E-state index contributed by atoms with van der Waals surface area (Å²) in [6.45, 7) is 0.541. The number of benzene rings is 1. The summed E-state index contributed by atoms with van der Waals surface area (Å²) >= 11 is 5.14. The number of pyridine rings is 1. The van der Waals surface area contributed by atoms with Crippen LogP contribution in [0.15, 0.2) is 63.1 Å². The third-order valence-corrected chi connectivity index (χ3v) is 6.42. The summed E-state index contributed by atoms with van der Waals surface area (Å²) in [5.41, 5.74) is 4.52. The predicted molar refractivity (Wildman–Crippen MR) is 112 cm³/mol. The van der Waals surface area contributed by atoms with Gasteiger partial charge in [-0.3, -0.25) is 9.55 Å². The molecule has 0 saturated heterocycles. The summed E-state index contributed by atoms with van der Waals surface area (Å²) in [4.78, 5) is 21.4. The highest BCUT2D eigenvalue weighted by Gasteiger charge is 2.20. The normalized spacial score (nSPS) is 13.4. The second kappa shape index (κ2) is 8.40. The van der Waals surface area contributed by atoms with Crippen LogP contribution in [0, 0.1) is 0 Å². The summed E-state index contributed by atoms with van der Waals surface area (Å²) in [5, 5.41) is 0.903. The third-order valence-electron chi connectivity index (χ3n) is 4.80. The van der Waals surface area contributed by atoms with Gasteiger partial charge in [0.25, 0.3) is 0 Å². The number of halogens is 1. The standard InChI is InChI=1S/C21H20BrN3OS/c22-17-9-7-15(8-10-17)14-27-20-18-5-1-2-6-19(18)25(21(26)24-20)13-16-4-3-11-23-12-16/h3-4,7-12H,1-2,5-6,13-14H2. The van der Waals surface area contributed by atoms with E-state index in [1.54, 1.807) is 18.0 Å². The van der Waals surface area contributed by atoms with E-state index < -0.39 is 0 Å². The first-order valence-electron chi connectivity index (χ1n) is 9.09. The maximum atomic E-state index is 12.8. The number of fused-ring (bicyclic) bond motifs is 1. The summed E-state index contributed by atoms with van der Waals surface area (Å²) in [7, 11) is 0. The van der Waals surface area contributed by atoms with E-state index in [0.29, 0.717) is 6.54 Å². The first-order chi connectivity index (χ1) is 13.2. The van der Waals surface area contributed by atoms with Gasteiger partial charge in [0.1, 0.15) is 5.03 Å². The minimum atomic E-state index is -0.155. The molecule has 0 unspecified atom stereocenters. The van der Waals surface area contributed by atoms with Crippen molar-refractivity contribution in [2.24, 2.45) is 0 Å². The van der Waals surface area contributed by atoms with E-state index >= 15 is 0 Å². The number of hydrogen-bond donors (Lipinski definition) is 0. The van der Waals surface area contributed by atoms with Crippen molar-refractivity contribution in [3.05, 3.63) is 86.1 Å². The molecule has 0 saturated carbocycles. The minimum Gasteiger partial charge on any atom is -0.291 e. The van der Waals surface area contributed by atoms with Crippen molar-refractivity contribution in [2.75, 3.05) is 0 Å². The van der Waals surface area contributed by atoms with Gasteiger partial charge in [0, 0.05) is 33.9 Å². The zero-order chi connectivity index (χ0) is 18.6. The highest BCUT2D eigenvalue weighted by molar-refractivity contribution is 9.10. The average Bonchev–Trinajstić information content (AvgIpc) is 2.71. The van der Waals surface area contributed by atoms with E-state index in [1.165, 1.54) is 11.1 Å². The molecule has 0 aliphatic heterocycles. The number of thioether (sulfide) groups is 1. The van der Waals surface area contributed by atoms with Crippen molar-refractivity contribution < 1.29 is 0 Å². The quantitative estimate of drug-likeness (QED) is 0.428. The van der Waals surface area contributed by atoms with Crippen LogP contribution >= 0.6 is 27.7 Å². The monoisotopic (exact) mass is 441 g/mol. The van der Waals surface area contributed by atoms with Crippen LogP contribution in [0.3, 0.4) is 0 Å². The SMILES string of the molecule is O=c1nc(SCc2ccc(Br)cc2)c2c(n1Cc1cccnc1)CCCC2. The van der Waals surface area contributed by atoms with Crippen LogP contribution in [0.25, 0.3) is 0 Å². The summed E-state index contributed by atoms with van der Waals surface area (Å²) in [6, 6.07) is 12.2. The summed E-state index contributed by atoms with van der Waals surface area (Å²) in [6.07, 6.45) is 7.79. The van der Waals surface area contributed by atoms with E-state index in [4.69, 9.17) is 0 Å². The van der Waals surface area contributed by atoms with Crippen LogP contribution in [0.5, 0.6) is 0 Å². The zero-order valence-electron chi connectivity index (χ0n) is 14.9. The Morgan fingerprint density at radius 2 is 1.89 bits per heavy atom. The third kappa shape index (κ3) is 4.33. The van der Waals surface area contributed by atoms with E-state index in [0.717, 1.165) is 52.2 Å². The van der Waals surface area contributed by atoms with Crippen molar-refractivity contribution in [1.82, 2.24) is 14.5 Å². The number of nitrogens with zero attached hydrogens (tertiary/aromatic N) is 3. The molecule has 0 spiro atoms. The molecule has 138 valence electrons. The molecular weight excluding hydrogens is 422 g/mol. The molecule has 6 heteroatoms. The van der Waals surface area contributed by atoms with Crippen LogP contribution in [0.1, 0.15) is 35.2 Å². The molecule has 4 nitrogen and oxygen atoms in total. The molecule has 0 fully saturated rings. The average molecular weight is 442 g/mol. The van der Waals surface area contributed by atoms with Gasteiger partial charge in [-0.25, -0.2) is 4.79 Å². The van der Waals surface area contributed by atoms with Crippen LogP contribution < -0.4 is 5.69 Å². The lowest BCUT2D eigenvalue weighted by Crippen LogP contribution is -2.30. The van der Waals surface area contributed by atoms with Gasteiger partial charge in [0.05, 0.1) is 6.54 Å². The Kier molecular flexibility index (Phi) is 5.74. The van der Waals surface area contributed by atoms with Crippen molar-refractivity contribution in [2.45, 2.75) is 43.0 Å². The largest absolute Gasteiger partial charge is 0.349 e. The van der Waals surface area contributed by atoms with Crippen molar-refractivity contribution in [3.63, 3.8) is 0 Å². The Labute approximate surface area is 171 Å². The van der Waals surface area contributed by atoms with Gasteiger partial charge in [0.2, 0.25) is 0 Å². The Morgan fingerprint density at radius 1 is 1.07 bits per heavy atom. The maximum Gasteiger partial charge on any atom is 0.349 e. The first kappa shape index (κ1) is 18.4. The Bertz CT molecular complexity index is 987. The lowest BCUT2D eigenvalue weighted by atomic mass is 9.97. The van der Waals surface area contributed by atoms with Crippen LogP contribution in [0.4, 0.5) is 0 Å². The van der Waals surface area contributed by atoms with Gasteiger partial charge in [-0.2, -0.15) is 4.98 Å². The lowest BCUT2D eigenvalue weighted by molar-refractivity contribution is 0.569. The molecule has 1 aliphatic carbocycles. The topological polar surface area (TPSA) is 47.8 Å². The highest BCUT2D eigenvalue weighted by Crippen LogP contribution is 2.30. The Hall–Kier alpha value is -1.92. The van der Waals surface area contributed by atoms with Crippen molar-refractivity contribution in [3.8, 4) is 0 Å². The fourth-order valence-electron chi connectivity index (χ4n) is 3.44. The van der Waals surface area contributed by atoms with Gasteiger partial charge in [-0.05, 0) is 55.0 Å². The second-order valence-electron chi connectivity index (χ2n) is 6.69. The van der Waals surface area contributed by atoms with E-state index in [-0.39, 0.29) is 5.69 Å². The van der Waals surface area contributed by atoms with E-state index in [2.05, 4.69) is 38.0 Å². The molecule has 1 aromatic carbocycles. The molecule has 0 N–H and O–H groups in total. The molecule has 2 heterocycles.